The van der Waals surface area contributed by atoms with E-state index in [9.17, 15) is 2.86 Å². The number of epoxide rings is 1. The zero-order valence-corrected chi connectivity index (χ0v) is 12.1. The van der Waals surface area contributed by atoms with Gasteiger partial charge in [0.15, 0.2) is 0 Å². The van der Waals surface area contributed by atoms with Crippen LogP contribution in [0.25, 0.3) is 0 Å². The summed E-state index contributed by atoms with van der Waals surface area (Å²) in [5.41, 5.74) is 0.894. The third kappa shape index (κ3) is 3.81. The van der Waals surface area contributed by atoms with Crippen molar-refractivity contribution in [2.75, 3.05) is 6.61 Å². The Bertz CT molecular complexity index is 329. The van der Waals surface area contributed by atoms with Gasteiger partial charge in [-0.05, 0) is 0 Å². The van der Waals surface area contributed by atoms with Gasteiger partial charge in [-0.2, -0.15) is 0 Å². The molecule has 1 aromatic carbocycles. The Morgan fingerprint density at radius 2 is 2.13 bits per heavy atom. The topological polar surface area (TPSA) is 21.8 Å². The van der Waals surface area contributed by atoms with Gasteiger partial charge >= 0.3 is 103 Å². The van der Waals surface area contributed by atoms with Crippen LogP contribution >= 0.6 is 21.6 Å². The number of hydrogen-bond acceptors (Lipinski definition) is 2. The molecule has 0 amide bonds. The summed E-state index contributed by atoms with van der Waals surface area (Å²) in [6.45, 7) is 0.598. The van der Waals surface area contributed by atoms with E-state index in [-0.39, 0.29) is 6.10 Å². The summed E-state index contributed by atoms with van der Waals surface area (Å²) in [4.78, 5) is 0. The van der Waals surface area contributed by atoms with Crippen LogP contribution in [0.4, 0.5) is 2.86 Å². The van der Waals surface area contributed by atoms with Gasteiger partial charge in [-0.15, -0.1) is 0 Å². The molecule has 1 aliphatic heterocycles. The van der Waals surface area contributed by atoms with Gasteiger partial charge in [0.25, 0.3) is 0 Å². The molecule has 0 spiro atoms. The number of halogens is 4. The summed E-state index contributed by atoms with van der Waals surface area (Å²) in [6.07, 6.45) is -0.466. The molecular formula is C9H9BrClFIO2-. The van der Waals surface area contributed by atoms with Crippen LogP contribution in [0, 0.1) is 0 Å². The normalized spacial score (nSPS) is 27.8. The average Bonchev–Trinajstić information content (AvgIpc) is 2.97. The maximum atomic E-state index is 13.3. The molecule has 6 heteroatoms. The molecule has 1 fully saturated rings. The van der Waals surface area contributed by atoms with E-state index in [1.54, 1.807) is 0 Å². The molecule has 0 saturated carbocycles. The number of benzene rings is 1. The van der Waals surface area contributed by atoms with E-state index < -0.39 is 22.2 Å². The second-order valence-electron chi connectivity index (χ2n) is 3.13. The molecule has 1 aliphatic rings. The molecule has 1 heterocycles. The van der Waals surface area contributed by atoms with Crippen LogP contribution in [0.15, 0.2) is 30.3 Å². The Balaban J connectivity index is 2.13. The third-order valence-electron chi connectivity index (χ3n) is 2.02. The Labute approximate surface area is 102 Å². The quantitative estimate of drug-likeness (QED) is 0.535. The minimum absolute atomic E-state index is 0.0672. The average molecular weight is 410 g/mol. The summed E-state index contributed by atoms with van der Waals surface area (Å²) in [5, 5.41) is 0. The molecule has 0 N–H and O–H groups in total. The summed E-state index contributed by atoms with van der Waals surface area (Å²) in [5.74, 6) is 0. The summed E-state index contributed by atoms with van der Waals surface area (Å²) in [7, 11) is 5.50. The Hall–Kier alpha value is 0.570. The molecule has 2 nitrogen and oxygen atoms in total. The van der Waals surface area contributed by atoms with E-state index in [0.29, 0.717) is 6.61 Å². The van der Waals surface area contributed by atoms with Gasteiger partial charge in [-0.25, -0.2) is 0 Å². The fraction of sp³-hybridized carbons (Fsp3) is 0.333. The standard InChI is InChI=1S/C9H9BrClFIO2/c10-13(11,12)15-9(8-6-14-8)7-4-2-1-3-5-7/h1-5,8-9H,6H2/q-1. The predicted molar refractivity (Wildman–Crippen MR) is 55.9 cm³/mol. The summed E-state index contributed by atoms with van der Waals surface area (Å²) in [6, 6.07) is 9.41. The number of hydrogen-bond donors (Lipinski definition) is 0. The fourth-order valence-corrected chi connectivity index (χ4v) is 4.06. The number of ether oxygens (including phenoxy) is 1. The summed E-state index contributed by atoms with van der Waals surface area (Å²) < 4.78 is 23.6. The first kappa shape index (κ1) is 12.0. The Kier molecular flexibility index (Phi) is 3.88. The molecule has 0 aliphatic carbocycles. The fourth-order valence-electron chi connectivity index (χ4n) is 1.31. The van der Waals surface area contributed by atoms with Gasteiger partial charge in [-0.3, -0.25) is 0 Å². The SMILES string of the molecule is F[I-](Cl)(Br)OC(c1ccccc1)C1CO1. The van der Waals surface area contributed by atoms with E-state index >= 15 is 0 Å². The molecule has 86 valence electrons. The van der Waals surface area contributed by atoms with Gasteiger partial charge in [0.2, 0.25) is 0 Å². The molecule has 0 radical (unpaired) electrons. The van der Waals surface area contributed by atoms with E-state index in [1.807, 2.05) is 30.3 Å². The van der Waals surface area contributed by atoms with Crippen molar-refractivity contribution in [1.29, 1.82) is 0 Å². The second-order valence-corrected chi connectivity index (χ2v) is 15.5. The van der Waals surface area contributed by atoms with E-state index in [2.05, 4.69) is 12.7 Å². The Morgan fingerprint density at radius 1 is 1.53 bits per heavy atom. The van der Waals surface area contributed by atoms with Gasteiger partial charge in [0, 0.05) is 0 Å². The molecule has 0 bridgehead atoms. The molecule has 1 aromatic rings. The summed E-state index contributed by atoms with van der Waals surface area (Å²) >= 11 is -1.35. The van der Waals surface area contributed by atoms with Crippen LogP contribution in [-0.4, -0.2) is 12.7 Å². The van der Waals surface area contributed by atoms with Crippen molar-refractivity contribution in [3.63, 3.8) is 0 Å². The van der Waals surface area contributed by atoms with Crippen molar-refractivity contribution in [1.82, 2.24) is 0 Å². The molecule has 3 unspecified atom stereocenters. The van der Waals surface area contributed by atoms with E-state index in [0.717, 1.165) is 5.56 Å². The third-order valence-corrected chi connectivity index (χ3v) is 4.55. The molecule has 3 atom stereocenters. The van der Waals surface area contributed by atoms with Crippen LogP contribution in [-0.2, 0) is 7.80 Å². The predicted octanol–water partition coefficient (Wildman–Crippen LogP) is 0.567. The van der Waals surface area contributed by atoms with Crippen molar-refractivity contribution >= 4 is 21.6 Å². The molecule has 15 heavy (non-hydrogen) atoms. The molecule has 1 saturated heterocycles. The molecule has 0 aromatic heterocycles. The van der Waals surface area contributed by atoms with Gasteiger partial charge in [0.1, 0.15) is 0 Å². The second kappa shape index (κ2) is 4.83. The van der Waals surface area contributed by atoms with Crippen molar-refractivity contribution in [2.45, 2.75) is 12.2 Å². The molecule has 2 rings (SSSR count). The number of rotatable bonds is 4. The van der Waals surface area contributed by atoms with Gasteiger partial charge in [-0.1, -0.05) is 0 Å². The molecular weight excluding hydrogens is 401 g/mol. The zero-order chi connectivity index (χ0) is 10.9. The first-order valence-corrected chi connectivity index (χ1v) is 13.5. The van der Waals surface area contributed by atoms with Gasteiger partial charge < -0.3 is 0 Å². The van der Waals surface area contributed by atoms with Crippen LogP contribution in [0.2, 0.25) is 0 Å². The van der Waals surface area contributed by atoms with Crippen LogP contribution in [0.3, 0.4) is 0 Å². The first-order chi connectivity index (χ1) is 7.06. The Morgan fingerprint density at radius 3 is 2.60 bits per heavy atom. The van der Waals surface area contributed by atoms with Crippen LogP contribution in [0.1, 0.15) is 11.7 Å². The van der Waals surface area contributed by atoms with Crippen molar-refractivity contribution in [2.24, 2.45) is 0 Å². The monoisotopic (exact) mass is 409 g/mol. The van der Waals surface area contributed by atoms with Crippen molar-refractivity contribution in [3.05, 3.63) is 35.9 Å². The van der Waals surface area contributed by atoms with Crippen molar-refractivity contribution in [3.8, 4) is 0 Å². The van der Waals surface area contributed by atoms with Crippen LogP contribution < -0.4 is 16.1 Å². The van der Waals surface area contributed by atoms with Gasteiger partial charge in [0.05, 0.1) is 0 Å². The van der Waals surface area contributed by atoms with E-state index in [1.165, 1.54) is 0 Å². The van der Waals surface area contributed by atoms with Crippen molar-refractivity contribution < 1.29 is 26.7 Å². The zero-order valence-electron chi connectivity index (χ0n) is 7.58. The maximum absolute atomic E-state index is 13.3. The van der Waals surface area contributed by atoms with E-state index in [4.69, 9.17) is 16.7 Å². The first-order valence-electron chi connectivity index (χ1n) is 4.28. The minimum atomic E-state index is -4.13. The van der Waals surface area contributed by atoms with Crippen LogP contribution in [0.5, 0.6) is 0 Å².